The number of aryl methyl sites for hydroxylation is 2. The number of fused-ring (bicyclic) bond motifs is 2. The van der Waals surface area contributed by atoms with Crippen molar-refractivity contribution < 1.29 is 9.90 Å². The maximum atomic E-state index is 12.2. The van der Waals surface area contributed by atoms with Crippen LogP contribution in [0, 0.1) is 6.92 Å². The number of aromatic amines is 2. The van der Waals surface area contributed by atoms with Crippen LogP contribution < -0.4 is 0 Å². The van der Waals surface area contributed by atoms with Crippen LogP contribution in [-0.4, -0.2) is 26.2 Å². The Labute approximate surface area is 131 Å². The molecule has 7 nitrogen and oxygen atoms in total. The van der Waals surface area contributed by atoms with Gasteiger partial charge < -0.3 is 10.1 Å². The number of amides is 1. The molecule has 0 saturated heterocycles. The highest BCUT2D eigenvalue weighted by Gasteiger charge is 2.23. The highest BCUT2D eigenvalue weighted by molar-refractivity contribution is 5.97. The van der Waals surface area contributed by atoms with Gasteiger partial charge in [0.25, 0.3) is 0 Å². The third-order valence-electron chi connectivity index (χ3n) is 4.16. The van der Waals surface area contributed by atoms with E-state index in [1.807, 2.05) is 25.1 Å². The van der Waals surface area contributed by atoms with Gasteiger partial charge in [0.1, 0.15) is 0 Å². The molecule has 0 atom stereocenters. The van der Waals surface area contributed by atoms with E-state index in [9.17, 15) is 9.90 Å². The molecule has 0 bridgehead atoms. The maximum absolute atomic E-state index is 12.2. The fourth-order valence-electron chi connectivity index (χ4n) is 3.02. The van der Waals surface area contributed by atoms with E-state index in [0.29, 0.717) is 5.69 Å². The van der Waals surface area contributed by atoms with Gasteiger partial charge in [0.05, 0.1) is 5.52 Å². The molecule has 1 aliphatic rings. The Morgan fingerprint density at radius 3 is 3.09 bits per heavy atom. The Bertz CT molecular complexity index is 951. The predicted octanol–water partition coefficient (Wildman–Crippen LogP) is 3.32. The van der Waals surface area contributed by atoms with Crippen molar-refractivity contribution in [3.8, 4) is 5.88 Å². The quantitative estimate of drug-likeness (QED) is 0.632. The van der Waals surface area contributed by atoms with Gasteiger partial charge in [0.15, 0.2) is 11.4 Å². The van der Waals surface area contributed by atoms with Crippen molar-refractivity contribution >= 4 is 22.5 Å². The van der Waals surface area contributed by atoms with Crippen molar-refractivity contribution in [3.63, 3.8) is 0 Å². The minimum absolute atomic E-state index is 0.102. The molecule has 4 rings (SSSR count). The lowest BCUT2D eigenvalue weighted by molar-refractivity contribution is 0.0989. The molecule has 0 aliphatic heterocycles. The molecule has 2 aromatic heterocycles. The second-order valence-electron chi connectivity index (χ2n) is 5.76. The number of hydrogen-bond acceptors (Lipinski definition) is 4. The summed E-state index contributed by atoms with van der Waals surface area (Å²) in [6.07, 6.45) is 2.76. The Morgan fingerprint density at radius 1 is 1.35 bits per heavy atom. The summed E-state index contributed by atoms with van der Waals surface area (Å²) in [5.74, 6) is -0.597. The molecule has 0 spiro atoms. The summed E-state index contributed by atoms with van der Waals surface area (Å²) in [4.78, 5) is 15.1. The predicted molar refractivity (Wildman–Crippen MR) is 84.2 cm³/mol. The summed E-state index contributed by atoms with van der Waals surface area (Å²) >= 11 is 0. The summed E-state index contributed by atoms with van der Waals surface area (Å²) in [7, 11) is 0. The summed E-state index contributed by atoms with van der Waals surface area (Å²) in [6, 6.07) is 5.67. The van der Waals surface area contributed by atoms with E-state index in [2.05, 4.69) is 25.4 Å². The van der Waals surface area contributed by atoms with Crippen molar-refractivity contribution in [2.75, 3.05) is 0 Å². The first-order valence-electron chi connectivity index (χ1n) is 7.47. The number of benzene rings is 1. The SMILES string of the molecule is Cc1ccc2[nH]c(O)c(N=NC(=O)c3n[nH]c4c3CCC4)c2c1. The molecular weight excluding hydrogens is 294 g/mol. The molecule has 1 aliphatic carbocycles. The number of carbonyl (C=O) groups excluding carboxylic acids is 1. The van der Waals surface area contributed by atoms with Gasteiger partial charge in [0, 0.05) is 16.6 Å². The molecular formula is C16H15N5O2. The largest absolute Gasteiger partial charge is 0.493 e. The summed E-state index contributed by atoms with van der Waals surface area (Å²) in [6.45, 7) is 1.95. The monoisotopic (exact) mass is 309 g/mol. The van der Waals surface area contributed by atoms with E-state index < -0.39 is 5.91 Å². The highest BCUT2D eigenvalue weighted by Crippen LogP contribution is 2.36. The topological polar surface area (TPSA) is 106 Å². The first kappa shape index (κ1) is 13.7. The molecule has 0 fully saturated rings. The van der Waals surface area contributed by atoms with Crippen LogP contribution in [0.15, 0.2) is 28.4 Å². The van der Waals surface area contributed by atoms with E-state index in [1.165, 1.54) is 0 Å². The van der Waals surface area contributed by atoms with Crippen LogP contribution in [-0.2, 0) is 12.8 Å². The zero-order valence-electron chi connectivity index (χ0n) is 12.6. The van der Waals surface area contributed by atoms with E-state index in [4.69, 9.17) is 0 Å². The normalized spacial score (nSPS) is 14.0. The second kappa shape index (κ2) is 5.05. The van der Waals surface area contributed by atoms with Gasteiger partial charge in [-0.05, 0) is 38.3 Å². The van der Waals surface area contributed by atoms with Crippen LogP contribution >= 0.6 is 0 Å². The molecule has 1 aromatic carbocycles. The minimum atomic E-state index is -0.495. The van der Waals surface area contributed by atoms with Crippen LogP contribution in [0.25, 0.3) is 10.9 Å². The van der Waals surface area contributed by atoms with Crippen LogP contribution in [0.4, 0.5) is 5.69 Å². The van der Waals surface area contributed by atoms with Gasteiger partial charge in [0.2, 0.25) is 5.88 Å². The molecule has 3 aromatic rings. The minimum Gasteiger partial charge on any atom is -0.493 e. The zero-order valence-corrected chi connectivity index (χ0v) is 12.6. The molecule has 0 radical (unpaired) electrons. The van der Waals surface area contributed by atoms with E-state index in [-0.39, 0.29) is 11.6 Å². The fourth-order valence-corrected chi connectivity index (χ4v) is 3.02. The van der Waals surface area contributed by atoms with Crippen LogP contribution in [0.2, 0.25) is 0 Å². The van der Waals surface area contributed by atoms with Gasteiger partial charge in [-0.2, -0.15) is 5.10 Å². The summed E-state index contributed by atoms with van der Waals surface area (Å²) in [5.41, 5.74) is 4.32. The van der Waals surface area contributed by atoms with Crippen LogP contribution in [0.5, 0.6) is 5.88 Å². The molecule has 7 heteroatoms. The number of nitrogens with one attached hydrogen (secondary N) is 2. The number of aromatic hydroxyl groups is 1. The number of H-pyrrole nitrogens is 2. The van der Waals surface area contributed by atoms with E-state index >= 15 is 0 Å². The lowest BCUT2D eigenvalue weighted by atomic mass is 10.1. The van der Waals surface area contributed by atoms with Gasteiger partial charge in [-0.1, -0.05) is 11.6 Å². The van der Waals surface area contributed by atoms with Gasteiger partial charge in [-0.15, -0.1) is 10.2 Å². The maximum Gasteiger partial charge on any atom is 0.316 e. The van der Waals surface area contributed by atoms with Crippen molar-refractivity contribution in [2.45, 2.75) is 26.2 Å². The highest BCUT2D eigenvalue weighted by atomic mass is 16.3. The third-order valence-corrected chi connectivity index (χ3v) is 4.16. The number of nitrogens with zero attached hydrogens (tertiary/aromatic N) is 3. The van der Waals surface area contributed by atoms with Gasteiger partial charge in [-0.3, -0.25) is 9.89 Å². The number of azo groups is 1. The molecule has 1 amide bonds. The summed E-state index contributed by atoms with van der Waals surface area (Å²) in [5, 5.41) is 25.3. The Morgan fingerprint density at radius 2 is 2.22 bits per heavy atom. The molecule has 0 saturated carbocycles. The number of rotatable bonds is 2. The van der Waals surface area contributed by atoms with Gasteiger partial charge >= 0.3 is 5.91 Å². The van der Waals surface area contributed by atoms with E-state index in [1.54, 1.807) is 0 Å². The molecule has 0 unspecified atom stereocenters. The number of hydrogen-bond donors (Lipinski definition) is 3. The van der Waals surface area contributed by atoms with Crippen LogP contribution in [0.3, 0.4) is 0 Å². The fraction of sp³-hybridized carbons (Fsp3) is 0.250. The van der Waals surface area contributed by atoms with Crippen LogP contribution in [0.1, 0.15) is 33.7 Å². The van der Waals surface area contributed by atoms with E-state index in [0.717, 1.165) is 47.0 Å². The summed E-state index contributed by atoms with van der Waals surface area (Å²) < 4.78 is 0. The molecule has 23 heavy (non-hydrogen) atoms. The molecule has 3 N–H and O–H groups in total. The lowest BCUT2D eigenvalue weighted by Crippen LogP contribution is -1.98. The average Bonchev–Trinajstić information content (AvgIpc) is 3.18. The van der Waals surface area contributed by atoms with Crippen molar-refractivity contribution in [2.24, 2.45) is 10.2 Å². The Balaban J connectivity index is 1.70. The second-order valence-corrected chi connectivity index (χ2v) is 5.76. The number of aromatic nitrogens is 3. The van der Waals surface area contributed by atoms with Crippen molar-refractivity contribution in [3.05, 3.63) is 40.7 Å². The van der Waals surface area contributed by atoms with Crippen molar-refractivity contribution in [1.29, 1.82) is 0 Å². The molecule has 116 valence electrons. The molecule has 2 heterocycles. The lowest BCUT2D eigenvalue weighted by Gasteiger charge is -1.94. The third kappa shape index (κ3) is 2.21. The smallest absolute Gasteiger partial charge is 0.316 e. The average molecular weight is 309 g/mol. The number of carbonyl (C=O) groups is 1. The first-order chi connectivity index (χ1) is 11.1. The van der Waals surface area contributed by atoms with Crippen molar-refractivity contribution in [1.82, 2.24) is 15.2 Å². The Kier molecular flexibility index (Phi) is 3.00. The first-order valence-corrected chi connectivity index (χ1v) is 7.47. The zero-order chi connectivity index (χ0) is 16.0. The Hall–Kier alpha value is -2.96. The van der Waals surface area contributed by atoms with Gasteiger partial charge in [-0.25, -0.2) is 0 Å². The standard InChI is InChI=1S/C16H15N5O2/c1-8-5-6-11-10(7-8)14(15(22)17-11)20-21-16(23)13-9-3-2-4-12(9)18-19-13/h5-7,17,22H,2-4H2,1H3,(H,18,19).